The third-order valence-electron chi connectivity index (χ3n) is 3.90. The van der Waals surface area contributed by atoms with Crippen LogP contribution in [0.15, 0.2) is 77.7 Å². The largest absolute Gasteiger partial charge is 0.417 e. The fraction of sp³-hybridized carbons (Fsp3) is 0.0526. The van der Waals surface area contributed by atoms with Gasteiger partial charge in [0.05, 0.1) is 5.56 Å². The van der Waals surface area contributed by atoms with Gasteiger partial charge in [-0.15, -0.1) is 24.0 Å². The number of fused-ring (bicyclic) bond motifs is 4. The number of alkyl halides is 3. The molecule has 0 aliphatic heterocycles. The highest BCUT2D eigenvalue weighted by Crippen LogP contribution is 2.46. The van der Waals surface area contributed by atoms with Crippen molar-refractivity contribution >= 4 is 34.1 Å². The minimum Gasteiger partial charge on any atom is -0.282 e. The Morgan fingerprint density at radius 3 is 1.30 bits per heavy atom. The van der Waals surface area contributed by atoms with Crippen molar-refractivity contribution in [2.45, 2.75) is 11.1 Å². The molecule has 0 fully saturated rings. The van der Waals surface area contributed by atoms with E-state index in [4.69, 9.17) is 4.55 Å². The molecule has 3 nitrogen and oxygen atoms in total. The predicted octanol–water partition coefficient (Wildman–Crippen LogP) is 5.90. The first-order chi connectivity index (χ1) is 12.2. The average Bonchev–Trinajstić information content (AvgIpc) is 2.59. The molecular weight excluding hydrogens is 492 g/mol. The van der Waals surface area contributed by atoms with Crippen LogP contribution >= 0.6 is 24.0 Å². The van der Waals surface area contributed by atoms with E-state index in [0.29, 0.717) is 12.1 Å². The lowest BCUT2D eigenvalue weighted by atomic mass is 9.81. The number of benzene rings is 3. The lowest BCUT2D eigenvalue weighted by Crippen LogP contribution is -2.12. The lowest BCUT2D eigenvalue weighted by Gasteiger charge is -2.22. The van der Waals surface area contributed by atoms with Gasteiger partial charge in [0.2, 0.25) is 0 Å². The number of rotatable bonds is 1. The molecule has 142 valence electrons. The molecule has 0 radical (unpaired) electrons. The van der Waals surface area contributed by atoms with Gasteiger partial charge in [-0.2, -0.15) is 21.6 Å². The van der Waals surface area contributed by atoms with Crippen LogP contribution in [0.5, 0.6) is 0 Å². The minimum absolute atomic E-state index is 0. The second-order valence-electron chi connectivity index (χ2n) is 5.56. The van der Waals surface area contributed by atoms with E-state index in [-0.39, 0.29) is 24.0 Å². The molecule has 0 unspecified atom stereocenters. The molecule has 0 spiro atoms. The Balaban J connectivity index is 0.000000188. The molecule has 0 bridgehead atoms. The standard InChI is InChI=1S/C12H8.C7H5F3O3S.HI/c1-2-6-10-9(5-1)11-7-3-4-8-12(10)11;8-7(9,10)5-3-1-2-4-6(5)14(11,12)13;/h1-8H;1-4H,(H,11,12,13);1H. The highest BCUT2D eigenvalue weighted by atomic mass is 127. The van der Waals surface area contributed by atoms with Gasteiger partial charge in [0.1, 0.15) is 4.90 Å². The summed E-state index contributed by atoms with van der Waals surface area (Å²) >= 11 is 0. The van der Waals surface area contributed by atoms with Gasteiger partial charge in [0, 0.05) is 0 Å². The van der Waals surface area contributed by atoms with Gasteiger partial charge in [-0.25, -0.2) is 0 Å². The molecule has 1 N–H and O–H groups in total. The van der Waals surface area contributed by atoms with Crippen molar-refractivity contribution in [3.05, 3.63) is 78.4 Å². The van der Waals surface area contributed by atoms with Crippen molar-refractivity contribution in [2.75, 3.05) is 0 Å². The first-order valence-electron chi connectivity index (χ1n) is 7.52. The summed E-state index contributed by atoms with van der Waals surface area (Å²) in [5.41, 5.74) is 4.21. The van der Waals surface area contributed by atoms with Crippen LogP contribution in [0.2, 0.25) is 0 Å². The third-order valence-corrected chi connectivity index (χ3v) is 4.82. The van der Waals surface area contributed by atoms with E-state index in [2.05, 4.69) is 48.5 Å². The number of hydrogen-bond donors (Lipinski definition) is 1. The van der Waals surface area contributed by atoms with Gasteiger partial charge in [-0.1, -0.05) is 60.7 Å². The van der Waals surface area contributed by atoms with E-state index in [0.717, 1.165) is 12.1 Å². The minimum atomic E-state index is -4.84. The molecule has 8 heteroatoms. The molecule has 0 saturated heterocycles. The Labute approximate surface area is 171 Å². The quantitative estimate of drug-likeness (QED) is 0.258. The topological polar surface area (TPSA) is 54.4 Å². The van der Waals surface area contributed by atoms with Crippen LogP contribution < -0.4 is 0 Å². The molecule has 0 heterocycles. The lowest BCUT2D eigenvalue weighted by molar-refractivity contribution is -0.140. The van der Waals surface area contributed by atoms with Crippen molar-refractivity contribution < 1.29 is 26.1 Å². The molecule has 0 amide bonds. The van der Waals surface area contributed by atoms with Gasteiger partial charge in [-0.05, 0) is 34.4 Å². The normalized spacial score (nSPS) is 11.7. The SMILES string of the molecule is I.O=S(=O)(O)c1ccccc1C(F)(F)F.c1ccc2c(c1)-c1ccccc1-2. The summed E-state index contributed by atoms with van der Waals surface area (Å²) in [6.07, 6.45) is -4.80. The second-order valence-corrected chi connectivity index (χ2v) is 6.95. The highest BCUT2D eigenvalue weighted by molar-refractivity contribution is 14.0. The Kier molecular flexibility index (Phi) is 6.33. The fourth-order valence-corrected chi connectivity index (χ4v) is 3.48. The maximum Gasteiger partial charge on any atom is 0.417 e. The summed E-state index contributed by atoms with van der Waals surface area (Å²) in [6.45, 7) is 0. The molecule has 0 atom stereocenters. The van der Waals surface area contributed by atoms with E-state index in [9.17, 15) is 21.6 Å². The Morgan fingerprint density at radius 1 is 0.667 bits per heavy atom. The van der Waals surface area contributed by atoms with Crippen LogP contribution in [0.4, 0.5) is 13.2 Å². The summed E-state index contributed by atoms with van der Waals surface area (Å²) in [7, 11) is -4.84. The van der Waals surface area contributed by atoms with E-state index >= 15 is 0 Å². The first-order valence-corrected chi connectivity index (χ1v) is 8.96. The van der Waals surface area contributed by atoms with E-state index in [1.165, 1.54) is 22.3 Å². The van der Waals surface area contributed by atoms with E-state index in [1.54, 1.807) is 0 Å². The zero-order chi connectivity index (χ0) is 18.9. The van der Waals surface area contributed by atoms with Crippen LogP contribution in [0.25, 0.3) is 22.3 Å². The smallest absolute Gasteiger partial charge is 0.282 e. The zero-order valence-corrected chi connectivity index (χ0v) is 16.8. The van der Waals surface area contributed by atoms with Crippen LogP contribution in [0.1, 0.15) is 5.56 Å². The molecule has 1 aliphatic rings. The fourth-order valence-electron chi connectivity index (χ4n) is 2.77. The van der Waals surface area contributed by atoms with Crippen molar-refractivity contribution in [2.24, 2.45) is 0 Å². The molecule has 27 heavy (non-hydrogen) atoms. The molecule has 3 aromatic carbocycles. The predicted molar refractivity (Wildman–Crippen MR) is 108 cm³/mol. The molecule has 3 aromatic rings. The summed E-state index contributed by atoms with van der Waals surface area (Å²) in [5.74, 6) is 0. The van der Waals surface area contributed by atoms with Crippen molar-refractivity contribution in [3.63, 3.8) is 0 Å². The van der Waals surface area contributed by atoms with Crippen LogP contribution in [-0.4, -0.2) is 13.0 Å². The number of halogens is 4. The molecule has 0 aromatic heterocycles. The Bertz CT molecular complexity index is 963. The van der Waals surface area contributed by atoms with Gasteiger partial charge < -0.3 is 0 Å². The van der Waals surface area contributed by atoms with Crippen molar-refractivity contribution in [1.82, 2.24) is 0 Å². The number of hydrogen-bond acceptors (Lipinski definition) is 2. The molecule has 1 aliphatic carbocycles. The van der Waals surface area contributed by atoms with Gasteiger partial charge in [0.15, 0.2) is 0 Å². The summed E-state index contributed by atoms with van der Waals surface area (Å²) in [5, 5.41) is 0. The monoisotopic (exact) mass is 506 g/mol. The Morgan fingerprint density at radius 2 is 1.00 bits per heavy atom. The van der Waals surface area contributed by atoms with Crippen LogP contribution in [0, 0.1) is 0 Å². The summed E-state index contributed by atoms with van der Waals surface area (Å²) in [6, 6.07) is 20.5. The zero-order valence-electron chi connectivity index (χ0n) is 13.6. The van der Waals surface area contributed by atoms with Crippen molar-refractivity contribution in [1.29, 1.82) is 0 Å². The van der Waals surface area contributed by atoms with Gasteiger partial charge in [-0.3, -0.25) is 4.55 Å². The third kappa shape index (κ3) is 4.50. The second kappa shape index (κ2) is 7.99. The van der Waals surface area contributed by atoms with Gasteiger partial charge in [0.25, 0.3) is 10.1 Å². The summed E-state index contributed by atoms with van der Waals surface area (Å²) < 4.78 is 66.2. The molecular formula is C19H14F3IO3S. The average molecular weight is 506 g/mol. The van der Waals surface area contributed by atoms with E-state index in [1.807, 2.05) is 0 Å². The first kappa shape index (κ1) is 21.4. The molecule has 0 saturated carbocycles. The van der Waals surface area contributed by atoms with Crippen LogP contribution in [0.3, 0.4) is 0 Å². The van der Waals surface area contributed by atoms with Gasteiger partial charge >= 0.3 is 6.18 Å². The summed E-state index contributed by atoms with van der Waals surface area (Å²) in [4.78, 5) is -1.13. The van der Waals surface area contributed by atoms with Crippen molar-refractivity contribution in [3.8, 4) is 22.3 Å². The van der Waals surface area contributed by atoms with Crippen LogP contribution in [-0.2, 0) is 16.3 Å². The van der Waals surface area contributed by atoms with E-state index < -0.39 is 26.8 Å². The molecule has 4 rings (SSSR count). The maximum atomic E-state index is 12.2. The Hall–Kier alpha value is -1.91. The highest BCUT2D eigenvalue weighted by Gasteiger charge is 2.36. The maximum absolute atomic E-state index is 12.2.